The van der Waals surface area contributed by atoms with E-state index in [9.17, 15) is 8.42 Å². The number of piperidine rings is 1. The second-order valence-corrected chi connectivity index (χ2v) is 10.6. The van der Waals surface area contributed by atoms with Gasteiger partial charge in [-0.1, -0.05) is 29.8 Å². The van der Waals surface area contributed by atoms with Crippen LogP contribution in [-0.4, -0.2) is 55.6 Å². The van der Waals surface area contributed by atoms with Gasteiger partial charge >= 0.3 is 0 Å². The van der Waals surface area contributed by atoms with Crippen molar-refractivity contribution in [3.8, 4) is 11.5 Å². The van der Waals surface area contributed by atoms with E-state index in [1.54, 1.807) is 7.11 Å². The van der Waals surface area contributed by atoms with Crippen molar-refractivity contribution < 1.29 is 17.9 Å². The first-order valence-corrected chi connectivity index (χ1v) is 12.4. The molecule has 0 N–H and O–H groups in total. The maximum absolute atomic E-state index is 12.1. The number of hydrogen-bond acceptors (Lipinski definition) is 6. The van der Waals surface area contributed by atoms with Crippen molar-refractivity contribution in [1.29, 1.82) is 0 Å². The zero-order valence-electron chi connectivity index (χ0n) is 18.0. The monoisotopic (exact) mass is 441 g/mol. The molecule has 0 bridgehead atoms. The molecule has 5 rings (SSSR count). The van der Waals surface area contributed by atoms with E-state index < -0.39 is 15.7 Å². The lowest BCUT2D eigenvalue weighted by Crippen LogP contribution is -2.59. The molecule has 0 amide bonds. The Bertz CT molecular complexity index is 1150. The van der Waals surface area contributed by atoms with E-state index in [2.05, 4.69) is 30.1 Å². The van der Waals surface area contributed by atoms with Crippen molar-refractivity contribution in [1.82, 2.24) is 9.31 Å². The van der Waals surface area contributed by atoms with Gasteiger partial charge in [-0.05, 0) is 25.1 Å². The van der Waals surface area contributed by atoms with Crippen molar-refractivity contribution in [2.45, 2.75) is 38.0 Å². The van der Waals surface area contributed by atoms with Crippen molar-refractivity contribution in [3.63, 3.8) is 0 Å². The van der Waals surface area contributed by atoms with Crippen LogP contribution in [0.4, 0.5) is 0 Å². The van der Waals surface area contributed by atoms with Gasteiger partial charge in [-0.15, -0.1) is 0 Å². The highest BCUT2D eigenvalue weighted by molar-refractivity contribution is 7.88. The molecule has 1 fully saturated rings. The first kappa shape index (κ1) is 20.3. The molecule has 0 unspecified atom stereocenters. The van der Waals surface area contributed by atoms with Crippen molar-refractivity contribution in [3.05, 3.63) is 59.2 Å². The van der Waals surface area contributed by atoms with Crippen LogP contribution in [-0.2, 0) is 10.0 Å². The smallest absolute Gasteiger partial charge is 0.211 e. The number of aryl methyl sites for hydroxylation is 1. The number of fused-ring (bicyclic) bond motifs is 4. The number of sulfonamides is 1. The van der Waals surface area contributed by atoms with Crippen LogP contribution >= 0.6 is 0 Å². The Labute approximate surface area is 183 Å². The molecule has 164 valence electrons. The molecule has 1 spiro atoms. The minimum Gasteiger partial charge on any atom is -0.497 e. The van der Waals surface area contributed by atoms with E-state index in [0.29, 0.717) is 25.9 Å². The van der Waals surface area contributed by atoms with Crippen molar-refractivity contribution >= 4 is 15.7 Å². The maximum atomic E-state index is 12.1. The third-order valence-electron chi connectivity index (χ3n) is 6.53. The molecule has 3 aliphatic rings. The molecule has 2 aromatic carbocycles. The lowest BCUT2D eigenvalue weighted by atomic mass is 9.90. The van der Waals surface area contributed by atoms with Gasteiger partial charge in [0.15, 0.2) is 0 Å². The summed E-state index contributed by atoms with van der Waals surface area (Å²) < 4.78 is 37.6. The molecule has 1 saturated heterocycles. The van der Waals surface area contributed by atoms with Gasteiger partial charge in [0.2, 0.25) is 15.7 Å². The first-order valence-electron chi connectivity index (χ1n) is 10.5. The quantitative estimate of drug-likeness (QED) is 0.731. The maximum Gasteiger partial charge on any atom is 0.211 e. The average molecular weight is 442 g/mol. The molecule has 7 nitrogen and oxygen atoms in total. The fourth-order valence-electron chi connectivity index (χ4n) is 4.88. The molecule has 0 aromatic heterocycles. The van der Waals surface area contributed by atoms with Crippen LogP contribution in [0.5, 0.6) is 11.5 Å². The highest BCUT2D eigenvalue weighted by atomic mass is 32.2. The SMILES string of the molecule is COc1cccc(C2=NN3[C@H](C2)c2cc(C)ccc2OC32CCN(S(C)(=O)=O)CC2)c1. The molecule has 1 atom stereocenters. The molecular formula is C23H27N3O4S. The van der Waals surface area contributed by atoms with Gasteiger partial charge in [0.05, 0.1) is 25.1 Å². The van der Waals surface area contributed by atoms with Gasteiger partial charge in [-0.25, -0.2) is 17.7 Å². The number of benzene rings is 2. The number of hydrazone groups is 1. The van der Waals surface area contributed by atoms with E-state index in [-0.39, 0.29) is 6.04 Å². The van der Waals surface area contributed by atoms with Crippen LogP contribution in [0.3, 0.4) is 0 Å². The first-order chi connectivity index (χ1) is 14.8. The summed E-state index contributed by atoms with van der Waals surface area (Å²) in [5.41, 5.74) is 3.70. The van der Waals surface area contributed by atoms with E-state index in [1.165, 1.54) is 16.1 Å². The second kappa shape index (κ2) is 7.24. The summed E-state index contributed by atoms with van der Waals surface area (Å²) in [5, 5.41) is 7.15. The molecule has 8 heteroatoms. The molecule has 3 aliphatic heterocycles. The number of rotatable bonds is 3. The molecule has 0 aliphatic carbocycles. The Morgan fingerprint density at radius 1 is 1.16 bits per heavy atom. The minimum absolute atomic E-state index is 0.0645. The normalized spacial score (nSPS) is 22.5. The minimum atomic E-state index is -3.22. The molecule has 31 heavy (non-hydrogen) atoms. The summed E-state index contributed by atoms with van der Waals surface area (Å²) in [6.07, 6.45) is 3.17. The highest BCUT2D eigenvalue weighted by Crippen LogP contribution is 2.50. The lowest BCUT2D eigenvalue weighted by Gasteiger charge is -2.50. The number of nitrogens with zero attached hydrogens (tertiary/aromatic N) is 3. The molecule has 2 aromatic rings. The molecule has 3 heterocycles. The largest absolute Gasteiger partial charge is 0.497 e. The van der Waals surface area contributed by atoms with Crippen molar-refractivity contribution in [2.24, 2.45) is 5.10 Å². The molecule has 0 saturated carbocycles. The van der Waals surface area contributed by atoms with E-state index in [1.807, 2.05) is 24.3 Å². The van der Waals surface area contributed by atoms with E-state index in [4.69, 9.17) is 14.6 Å². The summed E-state index contributed by atoms with van der Waals surface area (Å²) in [6.45, 7) is 2.93. The summed E-state index contributed by atoms with van der Waals surface area (Å²) in [5.74, 6) is 1.68. The van der Waals surface area contributed by atoms with E-state index >= 15 is 0 Å². The van der Waals surface area contributed by atoms with Crippen molar-refractivity contribution in [2.75, 3.05) is 26.5 Å². The third-order valence-corrected chi connectivity index (χ3v) is 7.83. The summed E-state index contributed by atoms with van der Waals surface area (Å²) in [6, 6.07) is 14.3. The highest BCUT2D eigenvalue weighted by Gasteiger charge is 2.52. The number of methoxy groups -OCH3 is 1. The van der Waals surface area contributed by atoms with Gasteiger partial charge in [-0.3, -0.25) is 0 Å². The molecular weight excluding hydrogens is 414 g/mol. The van der Waals surface area contributed by atoms with Gasteiger partial charge in [0, 0.05) is 43.5 Å². The summed E-state index contributed by atoms with van der Waals surface area (Å²) >= 11 is 0. The Kier molecular flexibility index (Phi) is 4.75. The Morgan fingerprint density at radius 3 is 2.65 bits per heavy atom. The summed E-state index contributed by atoms with van der Waals surface area (Å²) in [4.78, 5) is 0. The average Bonchev–Trinajstić information content (AvgIpc) is 3.21. The second-order valence-electron chi connectivity index (χ2n) is 8.59. The Morgan fingerprint density at radius 2 is 1.94 bits per heavy atom. The Hall–Kier alpha value is -2.58. The standard InChI is InChI=1S/C23H27N3O4S/c1-16-7-8-22-19(13-16)21-15-20(17-5-4-6-18(14-17)29-2)24-26(21)23(30-22)9-11-25(12-10-23)31(3,27)28/h4-8,13-14,21H,9-12,15H2,1-3H3/t21-/m1/s1. The van der Waals surface area contributed by atoms with Crippen LogP contribution in [0, 0.1) is 6.92 Å². The van der Waals surface area contributed by atoms with Crippen LogP contribution < -0.4 is 9.47 Å². The number of ether oxygens (including phenoxy) is 2. The zero-order chi connectivity index (χ0) is 21.8. The summed E-state index contributed by atoms with van der Waals surface area (Å²) in [7, 11) is -1.56. The predicted molar refractivity (Wildman–Crippen MR) is 119 cm³/mol. The van der Waals surface area contributed by atoms with Gasteiger partial charge in [-0.2, -0.15) is 5.10 Å². The van der Waals surface area contributed by atoms with Crippen LogP contribution in [0.2, 0.25) is 0 Å². The van der Waals surface area contributed by atoms with Gasteiger partial charge in [0.1, 0.15) is 11.5 Å². The van der Waals surface area contributed by atoms with Crippen LogP contribution in [0.25, 0.3) is 0 Å². The Balaban J connectivity index is 1.55. The topological polar surface area (TPSA) is 71.4 Å². The van der Waals surface area contributed by atoms with Gasteiger partial charge in [0.25, 0.3) is 0 Å². The fourth-order valence-corrected chi connectivity index (χ4v) is 5.72. The third kappa shape index (κ3) is 3.47. The fraction of sp³-hybridized carbons (Fsp3) is 0.435. The number of hydrogen-bond donors (Lipinski definition) is 0. The zero-order valence-corrected chi connectivity index (χ0v) is 18.9. The van der Waals surface area contributed by atoms with E-state index in [0.717, 1.165) is 34.8 Å². The van der Waals surface area contributed by atoms with Crippen LogP contribution in [0.1, 0.15) is 42.0 Å². The molecule has 0 radical (unpaired) electrons. The van der Waals surface area contributed by atoms with Crippen LogP contribution in [0.15, 0.2) is 47.6 Å². The predicted octanol–water partition coefficient (Wildman–Crippen LogP) is 3.30. The van der Waals surface area contributed by atoms with Gasteiger partial charge < -0.3 is 9.47 Å². The lowest BCUT2D eigenvalue weighted by molar-refractivity contribution is -0.143.